The first-order valence-electron chi connectivity index (χ1n) is 9.69. The second-order valence-corrected chi connectivity index (χ2v) is 7.57. The van der Waals surface area contributed by atoms with Crippen LogP contribution in [0.3, 0.4) is 0 Å². The van der Waals surface area contributed by atoms with Gasteiger partial charge in [-0.1, -0.05) is 18.2 Å². The number of carbonyl (C=O) groups excluding carboxylic acids is 3. The zero-order valence-electron chi connectivity index (χ0n) is 17.8. The Kier molecular flexibility index (Phi) is 8.15. The molecule has 8 nitrogen and oxygen atoms in total. The number of ether oxygens (including phenoxy) is 2. The Balaban J connectivity index is 1.94. The fourth-order valence-corrected chi connectivity index (χ4v) is 2.57. The van der Waals surface area contributed by atoms with Crippen molar-refractivity contribution in [1.82, 2.24) is 0 Å². The van der Waals surface area contributed by atoms with Gasteiger partial charge in [0.05, 0.1) is 18.1 Å². The van der Waals surface area contributed by atoms with Crippen molar-refractivity contribution >= 4 is 29.3 Å². The molecule has 0 saturated carbocycles. The summed E-state index contributed by atoms with van der Waals surface area (Å²) in [4.78, 5) is 38.0. The van der Waals surface area contributed by atoms with Gasteiger partial charge in [-0.25, -0.2) is 9.59 Å². The van der Waals surface area contributed by atoms with E-state index in [9.17, 15) is 14.4 Å². The Morgan fingerprint density at radius 1 is 1.03 bits per heavy atom. The fourth-order valence-electron chi connectivity index (χ4n) is 2.57. The van der Waals surface area contributed by atoms with Crippen LogP contribution in [0.25, 0.3) is 0 Å². The van der Waals surface area contributed by atoms with Gasteiger partial charge < -0.3 is 14.4 Å². The molecule has 0 aromatic heterocycles. The number of benzene rings is 2. The molecule has 0 radical (unpaired) electrons. The summed E-state index contributed by atoms with van der Waals surface area (Å²) in [5.74, 6) is -1.11. The SMILES string of the molecule is CC(C)(C)OC(=O)Nc1ccc(C(=O)OCC(=O)N(CCC#N)c2ccccc2)cc1. The van der Waals surface area contributed by atoms with E-state index >= 15 is 0 Å². The molecule has 2 amide bonds. The highest BCUT2D eigenvalue weighted by molar-refractivity contribution is 5.97. The predicted octanol–water partition coefficient (Wildman–Crippen LogP) is 4.14. The standard InChI is InChI=1S/C23H25N3O5/c1-23(2,3)31-22(29)25-18-12-10-17(11-13-18)21(28)30-16-20(27)26(15-7-14-24)19-8-5-4-6-9-19/h4-6,8-13H,7,15-16H2,1-3H3,(H,25,29). The van der Waals surface area contributed by atoms with Crippen molar-refractivity contribution in [1.29, 1.82) is 5.26 Å². The Hall–Kier alpha value is -3.86. The molecule has 0 aliphatic heterocycles. The second-order valence-electron chi connectivity index (χ2n) is 7.57. The molecule has 0 unspecified atom stereocenters. The average Bonchev–Trinajstić information content (AvgIpc) is 2.72. The van der Waals surface area contributed by atoms with Gasteiger partial charge in [0, 0.05) is 17.9 Å². The molecule has 0 aliphatic carbocycles. The smallest absolute Gasteiger partial charge is 0.412 e. The van der Waals surface area contributed by atoms with Crippen molar-refractivity contribution in [3.8, 4) is 6.07 Å². The van der Waals surface area contributed by atoms with Gasteiger partial charge in [0.1, 0.15) is 5.60 Å². The van der Waals surface area contributed by atoms with Gasteiger partial charge in [-0.3, -0.25) is 10.1 Å². The highest BCUT2D eigenvalue weighted by Gasteiger charge is 2.19. The number of rotatable bonds is 7. The summed E-state index contributed by atoms with van der Waals surface area (Å²) in [7, 11) is 0. The third kappa shape index (κ3) is 7.82. The predicted molar refractivity (Wildman–Crippen MR) is 116 cm³/mol. The molecule has 0 heterocycles. The number of nitrogens with zero attached hydrogens (tertiary/aromatic N) is 2. The van der Waals surface area contributed by atoms with Crippen molar-refractivity contribution < 1.29 is 23.9 Å². The van der Waals surface area contributed by atoms with E-state index in [1.165, 1.54) is 29.2 Å². The molecule has 1 N–H and O–H groups in total. The van der Waals surface area contributed by atoms with Crippen LogP contribution in [-0.4, -0.2) is 36.7 Å². The van der Waals surface area contributed by atoms with Crippen molar-refractivity contribution in [2.45, 2.75) is 32.8 Å². The van der Waals surface area contributed by atoms with Crippen LogP contribution >= 0.6 is 0 Å². The number of amides is 2. The van der Waals surface area contributed by atoms with Crippen LogP contribution in [0.4, 0.5) is 16.2 Å². The van der Waals surface area contributed by atoms with E-state index in [2.05, 4.69) is 5.32 Å². The number of para-hydroxylation sites is 1. The van der Waals surface area contributed by atoms with Crippen LogP contribution in [0.5, 0.6) is 0 Å². The number of nitriles is 1. The monoisotopic (exact) mass is 423 g/mol. The molecular weight excluding hydrogens is 398 g/mol. The maximum atomic E-state index is 12.6. The van der Waals surface area contributed by atoms with Gasteiger partial charge >= 0.3 is 12.1 Å². The molecule has 2 aromatic carbocycles. The third-order valence-electron chi connectivity index (χ3n) is 3.91. The van der Waals surface area contributed by atoms with Gasteiger partial charge in [0.25, 0.3) is 5.91 Å². The highest BCUT2D eigenvalue weighted by Crippen LogP contribution is 2.16. The number of hydrogen-bond donors (Lipinski definition) is 1. The van der Waals surface area contributed by atoms with Crippen LogP contribution in [0.1, 0.15) is 37.6 Å². The number of anilines is 2. The average molecular weight is 423 g/mol. The summed E-state index contributed by atoms with van der Waals surface area (Å²) in [5.41, 5.74) is 0.678. The molecule has 162 valence electrons. The molecule has 31 heavy (non-hydrogen) atoms. The fraction of sp³-hybridized carbons (Fsp3) is 0.304. The first-order chi connectivity index (χ1) is 14.7. The Morgan fingerprint density at radius 3 is 2.26 bits per heavy atom. The minimum absolute atomic E-state index is 0.153. The van der Waals surface area contributed by atoms with Crippen molar-refractivity contribution in [3.63, 3.8) is 0 Å². The molecular formula is C23H25N3O5. The van der Waals surface area contributed by atoms with Crippen molar-refractivity contribution in [2.24, 2.45) is 0 Å². The highest BCUT2D eigenvalue weighted by atomic mass is 16.6. The van der Waals surface area contributed by atoms with Crippen LogP contribution in [-0.2, 0) is 14.3 Å². The first kappa shape index (κ1) is 23.4. The largest absolute Gasteiger partial charge is 0.452 e. The number of nitrogens with one attached hydrogen (secondary N) is 1. The molecule has 0 aliphatic rings. The molecule has 0 saturated heterocycles. The van der Waals surface area contributed by atoms with E-state index in [4.69, 9.17) is 14.7 Å². The molecule has 8 heteroatoms. The van der Waals surface area contributed by atoms with Crippen molar-refractivity contribution in [3.05, 3.63) is 60.2 Å². The first-order valence-corrected chi connectivity index (χ1v) is 9.69. The lowest BCUT2D eigenvalue weighted by molar-refractivity contribution is -0.121. The van der Waals surface area contributed by atoms with E-state index in [1.807, 2.05) is 12.1 Å². The number of hydrogen-bond acceptors (Lipinski definition) is 6. The van der Waals surface area contributed by atoms with E-state index < -0.39 is 30.2 Å². The van der Waals surface area contributed by atoms with E-state index in [0.29, 0.717) is 11.4 Å². The Bertz CT molecular complexity index is 944. The van der Waals surface area contributed by atoms with E-state index in [0.717, 1.165) is 0 Å². The number of carbonyl (C=O) groups is 3. The quantitative estimate of drug-likeness (QED) is 0.671. The molecule has 0 bridgehead atoms. The maximum Gasteiger partial charge on any atom is 0.412 e. The molecule has 2 aromatic rings. The molecule has 0 spiro atoms. The molecule has 2 rings (SSSR count). The van der Waals surface area contributed by atoms with Gasteiger partial charge in [0.2, 0.25) is 0 Å². The zero-order chi connectivity index (χ0) is 22.9. The van der Waals surface area contributed by atoms with E-state index in [-0.39, 0.29) is 18.5 Å². The minimum Gasteiger partial charge on any atom is -0.452 e. The number of esters is 1. The summed E-state index contributed by atoms with van der Waals surface area (Å²) in [6, 6.07) is 16.9. The maximum absolute atomic E-state index is 12.6. The molecule has 0 atom stereocenters. The third-order valence-corrected chi connectivity index (χ3v) is 3.91. The Morgan fingerprint density at radius 2 is 1.68 bits per heavy atom. The summed E-state index contributed by atoms with van der Waals surface area (Å²) in [6.45, 7) is 5.00. The summed E-state index contributed by atoms with van der Waals surface area (Å²) in [6.07, 6.45) is -0.451. The summed E-state index contributed by atoms with van der Waals surface area (Å²) >= 11 is 0. The minimum atomic E-state index is -0.675. The lowest BCUT2D eigenvalue weighted by Crippen LogP contribution is -2.35. The van der Waals surface area contributed by atoms with E-state index in [1.54, 1.807) is 45.0 Å². The van der Waals surface area contributed by atoms with Gasteiger partial charge in [0.15, 0.2) is 6.61 Å². The van der Waals surface area contributed by atoms with Crippen LogP contribution in [0, 0.1) is 11.3 Å². The topological polar surface area (TPSA) is 109 Å². The van der Waals surface area contributed by atoms with Crippen LogP contribution < -0.4 is 10.2 Å². The lowest BCUT2D eigenvalue weighted by atomic mass is 10.2. The van der Waals surface area contributed by atoms with Gasteiger partial charge in [-0.05, 0) is 57.2 Å². The summed E-state index contributed by atoms with van der Waals surface area (Å²) < 4.78 is 10.3. The van der Waals surface area contributed by atoms with Gasteiger partial charge in [-0.15, -0.1) is 0 Å². The normalized spacial score (nSPS) is 10.5. The summed E-state index contributed by atoms with van der Waals surface area (Å²) in [5, 5.41) is 11.4. The lowest BCUT2D eigenvalue weighted by Gasteiger charge is -2.21. The Labute approximate surface area is 181 Å². The van der Waals surface area contributed by atoms with Crippen LogP contribution in [0.2, 0.25) is 0 Å². The second kappa shape index (κ2) is 10.8. The van der Waals surface area contributed by atoms with Crippen molar-refractivity contribution in [2.75, 3.05) is 23.4 Å². The zero-order valence-corrected chi connectivity index (χ0v) is 17.8. The van der Waals surface area contributed by atoms with Gasteiger partial charge in [-0.2, -0.15) is 5.26 Å². The molecule has 0 fully saturated rings. The van der Waals surface area contributed by atoms with Crippen LogP contribution in [0.15, 0.2) is 54.6 Å².